The van der Waals surface area contributed by atoms with Crippen molar-refractivity contribution in [3.05, 3.63) is 77.2 Å². The summed E-state index contributed by atoms with van der Waals surface area (Å²) in [7, 11) is 0. The normalized spacial score (nSPS) is 11.4. The Hall–Kier alpha value is -2.96. The first-order valence-electron chi connectivity index (χ1n) is 8.82. The number of carbonyl (C=O) groups excluding carboxylic acids is 1. The SMILES string of the molecule is CSc1ccc2cc(COC(=O)/C=C/c3cnc4ccccc4n3)c(Cl)nc2c1. The van der Waals surface area contributed by atoms with Gasteiger partial charge in [0.15, 0.2) is 0 Å². The zero-order valence-corrected chi connectivity index (χ0v) is 17.1. The first-order valence-corrected chi connectivity index (χ1v) is 10.4. The number of esters is 1. The predicted molar refractivity (Wildman–Crippen MR) is 117 cm³/mol. The highest BCUT2D eigenvalue weighted by molar-refractivity contribution is 7.98. The van der Waals surface area contributed by atoms with Crippen molar-refractivity contribution >= 4 is 57.3 Å². The summed E-state index contributed by atoms with van der Waals surface area (Å²) < 4.78 is 5.31. The molecule has 5 nitrogen and oxygen atoms in total. The van der Waals surface area contributed by atoms with Crippen LogP contribution in [-0.4, -0.2) is 27.2 Å². The summed E-state index contributed by atoms with van der Waals surface area (Å²) >= 11 is 7.91. The van der Waals surface area contributed by atoms with Gasteiger partial charge in [-0.1, -0.05) is 29.8 Å². The molecule has 0 unspecified atom stereocenters. The summed E-state index contributed by atoms with van der Waals surface area (Å²) in [5.74, 6) is -0.492. The number of carbonyl (C=O) groups is 1. The van der Waals surface area contributed by atoms with E-state index in [0.29, 0.717) is 16.4 Å². The highest BCUT2D eigenvalue weighted by atomic mass is 35.5. The monoisotopic (exact) mass is 421 g/mol. The number of aromatic nitrogens is 3. The van der Waals surface area contributed by atoms with Crippen LogP contribution in [0.4, 0.5) is 0 Å². The Morgan fingerprint density at radius 3 is 2.76 bits per heavy atom. The van der Waals surface area contributed by atoms with Crippen molar-refractivity contribution < 1.29 is 9.53 Å². The topological polar surface area (TPSA) is 65.0 Å². The maximum absolute atomic E-state index is 12.1. The number of ether oxygens (including phenoxy) is 1. The Labute approximate surface area is 176 Å². The van der Waals surface area contributed by atoms with Crippen LogP contribution in [0.25, 0.3) is 28.0 Å². The zero-order valence-electron chi connectivity index (χ0n) is 15.5. The van der Waals surface area contributed by atoms with Gasteiger partial charge in [0.25, 0.3) is 0 Å². The Bertz CT molecular complexity index is 1240. The smallest absolute Gasteiger partial charge is 0.331 e. The molecular weight excluding hydrogens is 406 g/mol. The Kier molecular flexibility index (Phi) is 5.74. The van der Waals surface area contributed by atoms with Crippen molar-refractivity contribution in [1.29, 1.82) is 0 Å². The maximum atomic E-state index is 12.1. The fourth-order valence-electron chi connectivity index (χ4n) is 2.80. The van der Waals surface area contributed by atoms with E-state index in [-0.39, 0.29) is 6.61 Å². The highest BCUT2D eigenvalue weighted by Gasteiger charge is 2.08. The number of fused-ring (bicyclic) bond motifs is 2. The van der Waals surface area contributed by atoms with Gasteiger partial charge in [-0.2, -0.15) is 0 Å². The zero-order chi connectivity index (χ0) is 20.2. The van der Waals surface area contributed by atoms with E-state index in [1.807, 2.05) is 54.8 Å². The lowest BCUT2D eigenvalue weighted by Crippen LogP contribution is -2.02. The Balaban J connectivity index is 1.44. The molecule has 0 bridgehead atoms. The van der Waals surface area contributed by atoms with E-state index in [0.717, 1.165) is 26.8 Å². The van der Waals surface area contributed by atoms with E-state index in [1.54, 1.807) is 24.0 Å². The summed E-state index contributed by atoms with van der Waals surface area (Å²) in [6.07, 6.45) is 6.52. The molecule has 0 N–H and O–H groups in total. The van der Waals surface area contributed by atoms with Crippen LogP contribution in [0, 0.1) is 0 Å². The number of pyridine rings is 1. The molecule has 0 atom stereocenters. The van der Waals surface area contributed by atoms with Gasteiger partial charge in [0.1, 0.15) is 11.8 Å². The predicted octanol–water partition coefficient (Wildman–Crippen LogP) is 5.31. The molecule has 0 aliphatic carbocycles. The number of hydrogen-bond donors (Lipinski definition) is 0. The summed E-state index contributed by atoms with van der Waals surface area (Å²) in [6, 6.07) is 15.4. The lowest BCUT2D eigenvalue weighted by molar-refractivity contribution is -0.138. The third-order valence-electron chi connectivity index (χ3n) is 4.28. The van der Waals surface area contributed by atoms with Crippen molar-refractivity contribution in [3.8, 4) is 0 Å². The second-order valence-electron chi connectivity index (χ2n) is 6.22. The molecule has 0 aliphatic heterocycles. The molecule has 2 aromatic heterocycles. The molecule has 0 aliphatic rings. The maximum Gasteiger partial charge on any atom is 0.331 e. The molecule has 4 rings (SSSR count). The molecule has 2 aromatic carbocycles. The first-order chi connectivity index (χ1) is 14.1. The van der Waals surface area contributed by atoms with Gasteiger partial charge in [-0.15, -0.1) is 11.8 Å². The number of benzene rings is 2. The number of hydrogen-bond acceptors (Lipinski definition) is 6. The molecule has 0 saturated heterocycles. The van der Waals surface area contributed by atoms with Gasteiger partial charge in [-0.3, -0.25) is 4.98 Å². The lowest BCUT2D eigenvalue weighted by Gasteiger charge is -2.07. The summed E-state index contributed by atoms with van der Waals surface area (Å²) in [6.45, 7) is 0.0403. The third kappa shape index (κ3) is 4.55. The van der Waals surface area contributed by atoms with Crippen LogP contribution in [0.3, 0.4) is 0 Å². The van der Waals surface area contributed by atoms with Crippen LogP contribution in [0.5, 0.6) is 0 Å². The fourth-order valence-corrected chi connectivity index (χ4v) is 3.43. The van der Waals surface area contributed by atoms with Crippen molar-refractivity contribution in [2.45, 2.75) is 11.5 Å². The molecule has 7 heteroatoms. The van der Waals surface area contributed by atoms with Crippen molar-refractivity contribution in [3.63, 3.8) is 0 Å². The molecule has 0 saturated carbocycles. The Morgan fingerprint density at radius 1 is 1.10 bits per heavy atom. The molecule has 144 valence electrons. The van der Waals surface area contributed by atoms with Crippen molar-refractivity contribution in [2.75, 3.05) is 6.26 Å². The summed E-state index contributed by atoms with van der Waals surface area (Å²) in [4.78, 5) is 26.4. The van der Waals surface area contributed by atoms with E-state index in [4.69, 9.17) is 16.3 Å². The summed E-state index contributed by atoms with van der Waals surface area (Å²) in [5, 5.41) is 1.27. The van der Waals surface area contributed by atoms with Gasteiger partial charge in [0.2, 0.25) is 0 Å². The average molecular weight is 422 g/mol. The van der Waals surface area contributed by atoms with Gasteiger partial charge >= 0.3 is 5.97 Å². The third-order valence-corrected chi connectivity index (χ3v) is 5.33. The molecule has 0 spiro atoms. The van der Waals surface area contributed by atoms with Crippen LogP contribution in [0.1, 0.15) is 11.3 Å². The molecule has 2 heterocycles. The van der Waals surface area contributed by atoms with Gasteiger partial charge in [-0.25, -0.2) is 14.8 Å². The van der Waals surface area contributed by atoms with Crippen molar-refractivity contribution in [2.24, 2.45) is 0 Å². The molecule has 0 fully saturated rings. The minimum Gasteiger partial charge on any atom is -0.458 e. The van der Waals surface area contributed by atoms with E-state index in [1.165, 1.54) is 6.08 Å². The second kappa shape index (κ2) is 8.59. The van der Waals surface area contributed by atoms with E-state index < -0.39 is 5.97 Å². The van der Waals surface area contributed by atoms with Crippen LogP contribution in [0.15, 0.2) is 65.7 Å². The van der Waals surface area contributed by atoms with Crippen molar-refractivity contribution in [1.82, 2.24) is 15.0 Å². The average Bonchev–Trinajstić information content (AvgIpc) is 2.75. The lowest BCUT2D eigenvalue weighted by atomic mass is 10.2. The van der Waals surface area contributed by atoms with Gasteiger partial charge in [-0.05, 0) is 42.7 Å². The first kappa shape index (κ1) is 19.4. The Morgan fingerprint density at radius 2 is 1.93 bits per heavy atom. The standard InChI is InChI=1S/C22H16ClN3O2S/c1-29-17-8-6-14-10-15(22(23)26-20(14)11-17)13-28-21(27)9-7-16-12-24-18-4-2-3-5-19(18)25-16/h2-12H,13H2,1H3/b9-7+. The van der Waals surface area contributed by atoms with Crippen LogP contribution in [0.2, 0.25) is 5.15 Å². The number of rotatable bonds is 5. The van der Waals surface area contributed by atoms with E-state index >= 15 is 0 Å². The second-order valence-corrected chi connectivity index (χ2v) is 7.46. The molecular formula is C22H16ClN3O2S. The molecule has 4 aromatic rings. The largest absolute Gasteiger partial charge is 0.458 e. The van der Waals surface area contributed by atoms with Gasteiger partial charge in [0.05, 0.1) is 28.4 Å². The quantitative estimate of drug-likeness (QED) is 0.188. The number of para-hydroxylation sites is 2. The fraction of sp³-hybridized carbons (Fsp3) is 0.0909. The van der Waals surface area contributed by atoms with Gasteiger partial charge in [0, 0.05) is 21.9 Å². The van der Waals surface area contributed by atoms with Crippen LogP contribution in [-0.2, 0) is 16.1 Å². The molecule has 29 heavy (non-hydrogen) atoms. The molecule has 0 radical (unpaired) electrons. The van der Waals surface area contributed by atoms with E-state index in [9.17, 15) is 4.79 Å². The summed E-state index contributed by atoms with van der Waals surface area (Å²) in [5.41, 5.74) is 3.61. The minimum absolute atomic E-state index is 0.0403. The van der Waals surface area contributed by atoms with Crippen LogP contribution < -0.4 is 0 Å². The number of nitrogens with zero attached hydrogens (tertiary/aromatic N) is 3. The highest BCUT2D eigenvalue weighted by Crippen LogP contribution is 2.25. The minimum atomic E-state index is -0.492. The number of thioether (sulfide) groups is 1. The van der Waals surface area contributed by atoms with Gasteiger partial charge < -0.3 is 4.74 Å². The van der Waals surface area contributed by atoms with Crippen LogP contribution >= 0.6 is 23.4 Å². The number of halogens is 1. The van der Waals surface area contributed by atoms with E-state index in [2.05, 4.69) is 15.0 Å². The molecule has 0 amide bonds.